The first kappa shape index (κ1) is 18.6. The van der Waals surface area contributed by atoms with E-state index >= 15 is 0 Å². The average Bonchev–Trinajstić information content (AvgIpc) is 3.16. The molecule has 2 aromatic carbocycles. The highest BCUT2D eigenvalue weighted by atomic mass is 16.5. The van der Waals surface area contributed by atoms with Crippen molar-refractivity contribution >= 4 is 10.9 Å². The maximum atomic E-state index is 12.7. The number of ether oxygens (including phenoxy) is 1. The summed E-state index contributed by atoms with van der Waals surface area (Å²) in [5.41, 5.74) is 6.09. The molecular formula is C24H24N4O2. The summed E-state index contributed by atoms with van der Waals surface area (Å²) in [5, 5.41) is 1.17. The lowest BCUT2D eigenvalue weighted by atomic mass is 10.0. The van der Waals surface area contributed by atoms with Crippen LogP contribution in [0.3, 0.4) is 0 Å². The van der Waals surface area contributed by atoms with Crippen molar-refractivity contribution in [2.45, 2.75) is 26.4 Å². The van der Waals surface area contributed by atoms with Crippen molar-refractivity contribution in [3.05, 3.63) is 81.4 Å². The average molecular weight is 400 g/mol. The van der Waals surface area contributed by atoms with Gasteiger partial charge in [0.25, 0.3) is 5.56 Å². The monoisotopic (exact) mass is 400 g/mol. The van der Waals surface area contributed by atoms with Gasteiger partial charge in [-0.2, -0.15) is 0 Å². The van der Waals surface area contributed by atoms with E-state index in [1.165, 1.54) is 16.5 Å². The molecule has 0 atom stereocenters. The van der Waals surface area contributed by atoms with Crippen LogP contribution in [-0.4, -0.2) is 33.5 Å². The first-order chi connectivity index (χ1) is 14.6. The number of nitrogens with zero attached hydrogens (tertiary/aromatic N) is 2. The van der Waals surface area contributed by atoms with Gasteiger partial charge in [-0.3, -0.25) is 9.69 Å². The van der Waals surface area contributed by atoms with Crippen LogP contribution in [-0.2, 0) is 19.5 Å². The van der Waals surface area contributed by atoms with Gasteiger partial charge in [-0.25, -0.2) is 4.98 Å². The van der Waals surface area contributed by atoms with E-state index in [4.69, 9.17) is 9.72 Å². The maximum absolute atomic E-state index is 12.7. The second-order valence-electron chi connectivity index (χ2n) is 7.89. The van der Waals surface area contributed by atoms with Crippen molar-refractivity contribution in [1.29, 1.82) is 0 Å². The number of fused-ring (bicyclic) bond motifs is 2. The van der Waals surface area contributed by atoms with Crippen molar-refractivity contribution in [3.8, 4) is 17.1 Å². The Morgan fingerprint density at radius 1 is 1.17 bits per heavy atom. The van der Waals surface area contributed by atoms with Gasteiger partial charge in [-0.15, -0.1) is 0 Å². The highest BCUT2D eigenvalue weighted by Crippen LogP contribution is 2.26. The molecular weight excluding hydrogens is 376 g/mol. The fourth-order valence-electron chi connectivity index (χ4n) is 4.13. The van der Waals surface area contributed by atoms with Gasteiger partial charge in [0.15, 0.2) is 0 Å². The van der Waals surface area contributed by atoms with Crippen LogP contribution in [0.4, 0.5) is 0 Å². The highest BCUT2D eigenvalue weighted by Gasteiger charge is 2.22. The Balaban J connectivity index is 1.43. The topological polar surface area (TPSA) is 74.0 Å². The van der Waals surface area contributed by atoms with E-state index in [0.717, 1.165) is 41.2 Å². The fraction of sp³-hybridized carbons (Fsp3) is 0.250. The van der Waals surface area contributed by atoms with E-state index in [0.29, 0.717) is 18.8 Å². The van der Waals surface area contributed by atoms with Crippen molar-refractivity contribution in [2.75, 3.05) is 13.7 Å². The van der Waals surface area contributed by atoms with Crippen molar-refractivity contribution in [3.63, 3.8) is 0 Å². The molecule has 2 aromatic heterocycles. The first-order valence-electron chi connectivity index (χ1n) is 10.2. The maximum Gasteiger partial charge on any atom is 0.254 e. The molecule has 0 aliphatic carbocycles. The number of methoxy groups -OCH3 is 1. The van der Waals surface area contributed by atoms with E-state index in [-0.39, 0.29) is 5.56 Å². The van der Waals surface area contributed by atoms with Gasteiger partial charge in [-0.05, 0) is 37.1 Å². The summed E-state index contributed by atoms with van der Waals surface area (Å²) in [4.78, 5) is 26.1. The summed E-state index contributed by atoms with van der Waals surface area (Å²) in [5.74, 6) is 1.49. The van der Waals surface area contributed by atoms with Crippen molar-refractivity contribution in [2.24, 2.45) is 0 Å². The number of aryl methyl sites for hydroxylation is 1. The molecule has 30 heavy (non-hydrogen) atoms. The molecule has 0 bridgehead atoms. The zero-order valence-corrected chi connectivity index (χ0v) is 17.2. The highest BCUT2D eigenvalue weighted by molar-refractivity contribution is 5.84. The summed E-state index contributed by atoms with van der Waals surface area (Å²) < 4.78 is 5.38. The van der Waals surface area contributed by atoms with Crippen LogP contribution in [0, 0.1) is 6.92 Å². The van der Waals surface area contributed by atoms with Gasteiger partial charge >= 0.3 is 0 Å². The number of benzene rings is 2. The Morgan fingerprint density at radius 3 is 2.80 bits per heavy atom. The van der Waals surface area contributed by atoms with Crippen LogP contribution in [0.15, 0.2) is 53.5 Å². The van der Waals surface area contributed by atoms with Crippen LogP contribution in [0.25, 0.3) is 22.3 Å². The minimum atomic E-state index is -0.0212. The number of aromatic amines is 2. The lowest BCUT2D eigenvalue weighted by molar-refractivity contribution is 0.241. The van der Waals surface area contributed by atoms with E-state index in [2.05, 4.69) is 27.1 Å². The summed E-state index contributed by atoms with van der Waals surface area (Å²) in [6.07, 6.45) is 2.76. The van der Waals surface area contributed by atoms with E-state index in [9.17, 15) is 4.79 Å². The van der Waals surface area contributed by atoms with Crippen LogP contribution in [0.1, 0.15) is 22.4 Å². The molecule has 0 amide bonds. The molecule has 0 saturated carbocycles. The van der Waals surface area contributed by atoms with Crippen LogP contribution in [0.5, 0.6) is 5.75 Å². The number of aromatic nitrogens is 3. The van der Waals surface area contributed by atoms with E-state index in [1.807, 2.05) is 43.3 Å². The van der Waals surface area contributed by atoms with E-state index < -0.39 is 0 Å². The normalized spacial score (nSPS) is 14.1. The number of hydrogen-bond acceptors (Lipinski definition) is 4. The largest absolute Gasteiger partial charge is 0.497 e. The quantitative estimate of drug-likeness (QED) is 0.547. The van der Waals surface area contributed by atoms with E-state index in [1.54, 1.807) is 7.11 Å². The smallest absolute Gasteiger partial charge is 0.254 e. The molecule has 2 N–H and O–H groups in total. The summed E-state index contributed by atoms with van der Waals surface area (Å²) >= 11 is 0. The van der Waals surface area contributed by atoms with Gasteiger partial charge < -0.3 is 14.7 Å². The SMILES string of the molecule is COc1ccc2[nH]cc(CN3CCc4c(nc(-c5ccc(C)cc5)[nH]c4=O)C3)c2c1. The van der Waals surface area contributed by atoms with Crippen molar-refractivity contribution < 1.29 is 4.74 Å². The van der Waals surface area contributed by atoms with Gasteiger partial charge in [0.2, 0.25) is 0 Å². The van der Waals surface area contributed by atoms with Crippen LogP contribution < -0.4 is 10.3 Å². The summed E-state index contributed by atoms with van der Waals surface area (Å²) in [6, 6.07) is 14.1. The van der Waals surface area contributed by atoms with Crippen LogP contribution >= 0.6 is 0 Å². The molecule has 1 aliphatic rings. The minimum Gasteiger partial charge on any atom is -0.497 e. The molecule has 3 heterocycles. The Hall–Kier alpha value is -3.38. The summed E-state index contributed by atoms with van der Waals surface area (Å²) in [6.45, 7) is 4.33. The zero-order valence-electron chi connectivity index (χ0n) is 17.2. The predicted octanol–water partition coefficient (Wildman–Crippen LogP) is 3.79. The molecule has 1 aliphatic heterocycles. The Kier molecular flexibility index (Phi) is 4.64. The predicted molar refractivity (Wildman–Crippen MR) is 118 cm³/mol. The number of nitrogens with one attached hydrogen (secondary N) is 2. The fourth-order valence-corrected chi connectivity index (χ4v) is 4.13. The first-order valence-corrected chi connectivity index (χ1v) is 10.2. The van der Waals surface area contributed by atoms with Gasteiger partial charge in [0.1, 0.15) is 11.6 Å². The Labute approximate surface area is 174 Å². The lowest BCUT2D eigenvalue weighted by Crippen LogP contribution is -2.35. The van der Waals surface area contributed by atoms with Crippen LogP contribution in [0.2, 0.25) is 0 Å². The molecule has 4 aromatic rings. The standard InChI is InChI=1S/C24H24N4O2/c1-15-3-5-16(6-4-15)23-26-22-14-28(10-9-19(22)24(29)27-23)13-17-12-25-21-8-7-18(30-2)11-20(17)21/h3-8,11-12,25H,9-10,13-14H2,1-2H3,(H,26,27,29). The number of rotatable bonds is 4. The van der Waals surface area contributed by atoms with Gasteiger partial charge in [-0.1, -0.05) is 29.8 Å². The zero-order chi connectivity index (χ0) is 20.7. The molecule has 5 rings (SSSR count). The lowest BCUT2D eigenvalue weighted by Gasteiger charge is -2.27. The molecule has 0 saturated heterocycles. The third-order valence-electron chi connectivity index (χ3n) is 5.85. The molecule has 6 heteroatoms. The second-order valence-corrected chi connectivity index (χ2v) is 7.89. The third-order valence-corrected chi connectivity index (χ3v) is 5.85. The molecule has 6 nitrogen and oxygen atoms in total. The summed E-state index contributed by atoms with van der Waals surface area (Å²) in [7, 11) is 1.68. The van der Waals surface area contributed by atoms with Gasteiger partial charge in [0, 0.05) is 47.9 Å². The van der Waals surface area contributed by atoms with Gasteiger partial charge in [0.05, 0.1) is 12.8 Å². The van der Waals surface area contributed by atoms with Crippen molar-refractivity contribution in [1.82, 2.24) is 19.9 Å². The molecule has 0 fully saturated rings. The third kappa shape index (κ3) is 3.39. The molecule has 0 radical (unpaired) electrons. The Bertz CT molecular complexity index is 1270. The molecule has 152 valence electrons. The molecule has 0 spiro atoms. The molecule has 0 unspecified atom stereocenters. The number of H-pyrrole nitrogens is 2. The minimum absolute atomic E-state index is 0.0212. The Morgan fingerprint density at radius 2 is 2.00 bits per heavy atom. The second kappa shape index (κ2) is 7.46. The number of hydrogen-bond donors (Lipinski definition) is 2.